The van der Waals surface area contributed by atoms with Gasteiger partial charge in [-0.3, -0.25) is 4.79 Å². The largest absolute Gasteiger partial charge is 0.349 e. The molecule has 0 aliphatic heterocycles. The summed E-state index contributed by atoms with van der Waals surface area (Å²) in [5.74, 6) is 0.320. The van der Waals surface area contributed by atoms with E-state index in [-0.39, 0.29) is 23.8 Å². The Morgan fingerprint density at radius 2 is 2.00 bits per heavy atom. The summed E-state index contributed by atoms with van der Waals surface area (Å²) in [6.45, 7) is 2.00. The number of carbonyl (C=O) groups is 1. The van der Waals surface area contributed by atoms with Gasteiger partial charge in [0.15, 0.2) is 0 Å². The fraction of sp³-hybridized carbons (Fsp3) is 0.250. The van der Waals surface area contributed by atoms with Crippen molar-refractivity contribution in [1.82, 2.24) is 20.1 Å². The predicted octanol–water partition coefficient (Wildman–Crippen LogP) is 3.90. The minimum absolute atomic E-state index is 0.00627. The molecule has 1 amide bonds. The fourth-order valence-electron chi connectivity index (χ4n) is 3.27. The summed E-state index contributed by atoms with van der Waals surface area (Å²) in [5.41, 5.74) is 3.06. The molecule has 2 aromatic carbocycles. The molecule has 1 aromatic heterocycles. The van der Waals surface area contributed by atoms with Gasteiger partial charge in [-0.2, -0.15) is 5.10 Å². The van der Waals surface area contributed by atoms with Crippen LogP contribution < -0.4 is 5.32 Å². The SMILES string of the molecule is C[C@H](NC(=O)[C@H]1C[C@H]1c1ccccc1Cl)c1ccc(-n2cncn2)cc1. The predicted molar refractivity (Wildman–Crippen MR) is 100 cm³/mol. The molecule has 4 rings (SSSR count). The van der Waals surface area contributed by atoms with Gasteiger partial charge in [0.25, 0.3) is 0 Å². The number of nitrogens with zero attached hydrogens (tertiary/aromatic N) is 3. The Bertz CT molecular complexity index is 908. The highest BCUT2D eigenvalue weighted by Gasteiger charge is 2.45. The molecule has 1 fully saturated rings. The Balaban J connectivity index is 1.38. The van der Waals surface area contributed by atoms with Crippen LogP contribution in [0.4, 0.5) is 0 Å². The highest BCUT2D eigenvalue weighted by molar-refractivity contribution is 6.31. The number of carbonyl (C=O) groups excluding carboxylic acids is 1. The molecule has 6 heteroatoms. The monoisotopic (exact) mass is 366 g/mol. The summed E-state index contributed by atoms with van der Waals surface area (Å²) in [5, 5.41) is 7.97. The number of amides is 1. The van der Waals surface area contributed by atoms with E-state index in [2.05, 4.69) is 15.4 Å². The Morgan fingerprint density at radius 1 is 1.23 bits per heavy atom. The third kappa shape index (κ3) is 3.35. The van der Waals surface area contributed by atoms with Crippen molar-refractivity contribution in [3.8, 4) is 5.69 Å². The van der Waals surface area contributed by atoms with Crippen LogP contribution in [0.1, 0.15) is 36.4 Å². The molecular formula is C20H19ClN4O. The van der Waals surface area contributed by atoms with Crippen molar-refractivity contribution in [3.63, 3.8) is 0 Å². The first kappa shape index (κ1) is 16.8. The standard InChI is InChI=1S/C20H19ClN4O/c1-13(14-6-8-15(9-7-14)25-12-22-11-23-25)24-20(26)18-10-17(18)16-4-2-3-5-19(16)21/h2-9,11-13,17-18H,10H2,1H3,(H,24,26)/t13-,17-,18-/m0/s1. The summed E-state index contributed by atoms with van der Waals surface area (Å²) in [6.07, 6.45) is 4.01. The highest BCUT2D eigenvalue weighted by atomic mass is 35.5. The molecule has 0 saturated heterocycles. The number of halogens is 1. The molecule has 3 atom stereocenters. The second-order valence-corrected chi connectivity index (χ2v) is 7.04. The zero-order valence-electron chi connectivity index (χ0n) is 14.3. The molecule has 3 aromatic rings. The number of benzene rings is 2. The van der Waals surface area contributed by atoms with Crippen molar-refractivity contribution in [1.29, 1.82) is 0 Å². The molecule has 0 unspecified atom stereocenters. The minimum Gasteiger partial charge on any atom is -0.349 e. The molecule has 5 nitrogen and oxygen atoms in total. The van der Waals surface area contributed by atoms with Gasteiger partial charge in [0.05, 0.1) is 11.7 Å². The van der Waals surface area contributed by atoms with Crippen LogP contribution in [-0.4, -0.2) is 20.7 Å². The zero-order chi connectivity index (χ0) is 18.1. The topological polar surface area (TPSA) is 59.8 Å². The number of aromatic nitrogens is 3. The van der Waals surface area contributed by atoms with Gasteiger partial charge in [0.1, 0.15) is 12.7 Å². The van der Waals surface area contributed by atoms with Gasteiger partial charge < -0.3 is 5.32 Å². The lowest BCUT2D eigenvalue weighted by Crippen LogP contribution is -2.28. The Kier molecular flexibility index (Phi) is 4.47. The maximum atomic E-state index is 12.6. The summed E-state index contributed by atoms with van der Waals surface area (Å²) in [4.78, 5) is 16.5. The smallest absolute Gasteiger partial charge is 0.224 e. The second-order valence-electron chi connectivity index (χ2n) is 6.63. The fourth-order valence-corrected chi connectivity index (χ4v) is 3.54. The van der Waals surface area contributed by atoms with E-state index in [1.807, 2.05) is 55.5 Å². The maximum Gasteiger partial charge on any atom is 0.224 e. The highest BCUT2D eigenvalue weighted by Crippen LogP contribution is 2.49. The Hall–Kier alpha value is -2.66. The van der Waals surface area contributed by atoms with E-state index >= 15 is 0 Å². The molecule has 1 saturated carbocycles. The van der Waals surface area contributed by atoms with E-state index in [0.29, 0.717) is 0 Å². The van der Waals surface area contributed by atoms with Crippen molar-refractivity contribution in [2.24, 2.45) is 5.92 Å². The van der Waals surface area contributed by atoms with Gasteiger partial charge in [-0.25, -0.2) is 9.67 Å². The first-order valence-corrected chi connectivity index (χ1v) is 9.01. The Morgan fingerprint density at radius 3 is 2.69 bits per heavy atom. The first-order chi connectivity index (χ1) is 12.6. The molecule has 1 aliphatic rings. The second kappa shape index (κ2) is 6.92. The van der Waals surface area contributed by atoms with Gasteiger partial charge >= 0.3 is 0 Å². The van der Waals surface area contributed by atoms with Crippen LogP contribution in [-0.2, 0) is 4.79 Å². The van der Waals surface area contributed by atoms with Gasteiger partial charge in [-0.05, 0) is 48.6 Å². The number of rotatable bonds is 5. The molecule has 132 valence electrons. The van der Waals surface area contributed by atoms with Crippen LogP contribution in [0.15, 0.2) is 61.2 Å². The molecule has 1 aliphatic carbocycles. The first-order valence-electron chi connectivity index (χ1n) is 8.63. The van der Waals surface area contributed by atoms with Crippen LogP contribution in [0.25, 0.3) is 5.69 Å². The van der Waals surface area contributed by atoms with E-state index in [4.69, 9.17) is 11.6 Å². The molecule has 26 heavy (non-hydrogen) atoms. The quantitative estimate of drug-likeness (QED) is 0.745. The zero-order valence-corrected chi connectivity index (χ0v) is 15.1. The van der Waals surface area contributed by atoms with E-state index in [0.717, 1.165) is 28.3 Å². The molecule has 0 bridgehead atoms. The van der Waals surface area contributed by atoms with Crippen LogP contribution in [0.2, 0.25) is 5.02 Å². The van der Waals surface area contributed by atoms with E-state index in [1.165, 1.54) is 6.33 Å². The average Bonchev–Trinajstić information content (AvgIpc) is 3.26. The molecule has 0 radical (unpaired) electrons. The van der Waals surface area contributed by atoms with Crippen molar-refractivity contribution < 1.29 is 4.79 Å². The lowest BCUT2D eigenvalue weighted by Gasteiger charge is -2.15. The van der Waals surface area contributed by atoms with E-state index in [9.17, 15) is 4.79 Å². The van der Waals surface area contributed by atoms with Gasteiger partial charge in [-0.15, -0.1) is 0 Å². The molecular weight excluding hydrogens is 348 g/mol. The van der Waals surface area contributed by atoms with E-state index < -0.39 is 0 Å². The van der Waals surface area contributed by atoms with Crippen LogP contribution in [0.5, 0.6) is 0 Å². The van der Waals surface area contributed by atoms with Crippen molar-refractivity contribution in [3.05, 3.63) is 77.3 Å². The Labute approximate surface area is 157 Å². The normalized spacial score (nSPS) is 19.8. The molecule has 0 spiro atoms. The van der Waals surface area contributed by atoms with Gasteiger partial charge in [-0.1, -0.05) is 41.9 Å². The number of hydrogen-bond donors (Lipinski definition) is 1. The third-order valence-electron chi connectivity index (χ3n) is 4.87. The lowest BCUT2D eigenvalue weighted by atomic mass is 10.1. The molecule has 1 N–H and O–H groups in total. The minimum atomic E-state index is -0.0557. The maximum absolute atomic E-state index is 12.6. The lowest BCUT2D eigenvalue weighted by molar-refractivity contribution is -0.123. The van der Waals surface area contributed by atoms with Gasteiger partial charge in [0, 0.05) is 10.9 Å². The van der Waals surface area contributed by atoms with Crippen LogP contribution >= 0.6 is 11.6 Å². The summed E-state index contributed by atoms with van der Waals surface area (Å²) < 4.78 is 1.70. The summed E-state index contributed by atoms with van der Waals surface area (Å²) in [6, 6.07) is 15.6. The molecule has 1 heterocycles. The van der Waals surface area contributed by atoms with Crippen molar-refractivity contribution in [2.45, 2.75) is 25.3 Å². The van der Waals surface area contributed by atoms with Crippen LogP contribution in [0.3, 0.4) is 0 Å². The summed E-state index contributed by atoms with van der Waals surface area (Å²) in [7, 11) is 0. The summed E-state index contributed by atoms with van der Waals surface area (Å²) >= 11 is 6.24. The number of hydrogen-bond acceptors (Lipinski definition) is 3. The van der Waals surface area contributed by atoms with E-state index in [1.54, 1.807) is 11.0 Å². The van der Waals surface area contributed by atoms with Crippen molar-refractivity contribution >= 4 is 17.5 Å². The third-order valence-corrected chi connectivity index (χ3v) is 5.21. The average molecular weight is 367 g/mol. The van der Waals surface area contributed by atoms with Crippen molar-refractivity contribution in [2.75, 3.05) is 0 Å². The number of nitrogens with one attached hydrogen (secondary N) is 1. The van der Waals surface area contributed by atoms with Gasteiger partial charge in [0.2, 0.25) is 5.91 Å². The van der Waals surface area contributed by atoms with Crippen LogP contribution in [0, 0.1) is 5.92 Å².